The summed E-state index contributed by atoms with van der Waals surface area (Å²) in [7, 11) is -4.08. The summed E-state index contributed by atoms with van der Waals surface area (Å²) in [5, 5.41) is 11.4. The maximum absolute atomic E-state index is 13.6. The zero-order valence-electron chi connectivity index (χ0n) is 22.4. The van der Waals surface area contributed by atoms with Gasteiger partial charge in [-0.25, -0.2) is 13.2 Å². The molecule has 1 saturated heterocycles. The van der Waals surface area contributed by atoms with Crippen molar-refractivity contribution in [3.8, 4) is 11.5 Å². The molecule has 2 aliphatic heterocycles. The average molecular weight is 678 g/mol. The van der Waals surface area contributed by atoms with Crippen molar-refractivity contribution in [3.63, 3.8) is 0 Å². The van der Waals surface area contributed by atoms with E-state index in [1.54, 1.807) is 0 Å². The van der Waals surface area contributed by atoms with Crippen LogP contribution in [0.25, 0.3) is 0 Å². The van der Waals surface area contributed by atoms with E-state index in [4.69, 9.17) is 32.7 Å². The summed E-state index contributed by atoms with van der Waals surface area (Å²) in [6.07, 6.45) is 4.46. The van der Waals surface area contributed by atoms with E-state index in [-0.39, 0.29) is 52.6 Å². The first-order chi connectivity index (χ1) is 20.5. The van der Waals surface area contributed by atoms with Gasteiger partial charge >= 0.3 is 12.6 Å². The number of sulfonamides is 1. The molecular formula is C27H26Cl2F2N3O7S2-. The largest absolute Gasteiger partial charge is 0.758 e. The van der Waals surface area contributed by atoms with Gasteiger partial charge in [0.2, 0.25) is 10.0 Å². The molecule has 232 valence electrons. The minimum Gasteiger partial charge on any atom is -0.758 e. The molecule has 3 aliphatic rings. The van der Waals surface area contributed by atoms with Crippen LogP contribution in [0.5, 0.6) is 11.5 Å². The van der Waals surface area contributed by atoms with E-state index < -0.39 is 34.1 Å². The highest BCUT2D eigenvalue weighted by Crippen LogP contribution is 2.41. The molecular weight excluding hydrogens is 651 g/mol. The van der Waals surface area contributed by atoms with E-state index in [9.17, 15) is 27.2 Å². The summed E-state index contributed by atoms with van der Waals surface area (Å²) in [6.45, 7) is -2.92. The summed E-state index contributed by atoms with van der Waals surface area (Å²) < 4.78 is 70.3. The topological polar surface area (TPSA) is 121 Å². The van der Waals surface area contributed by atoms with Crippen LogP contribution in [0.3, 0.4) is 0 Å². The van der Waals surface area contributed by atoms with Crippen LogP contribution in [0.15, 0.2) is 69.5 Å². The maximum Gasteiger partial charge on any atom is 0.387 e. The van der Waals surface area contributed by atoms with Crippen molar-refractivity contribution in [3.05, 3.63) is 75.3 Å². The number of carbonyl (C=O) groups is 1. The van der Waals surface area contributed by atoms with Crippen molar-refractivity contribution < 1.29 is 36.2 Å². The molecule has 2 fully saturated rings. The number of thioether (sulfide) groups is 1. The molecule has 16 heteroatoms. The minimum absolute atomic E-state index is 0.0258. The van der Waals surface area contributed by atoms with Crippen LogP contribution in [0.2, 0.25) is 0 Å². The molecule has 3 heterocycles. The second-order valence-electron chi connectivity index (χ2n) is 9.93. The predicted octanol–water partition coefficient (Wildman–Crippen LogP) is 5.60. The molecule has 1 saturated carbocycles. The Bertz CT molecular complexity index is 1510. The number of ether oxygens (including phenoxy) is 3. The third kappa shape index (κ3) is 7.73. The molecule has 43 heavy (non-hydrogen) atoms. The van der Waals surface area contributed by atoms with Crippen molar-refractivity contribution in [2.24, 2.45) is 5.92 Å². The van der Waals surface area contributed by atoms with Crippen molar-refractivity contribution in [1.82, 2.24) is 14.4 Å². The number of esters is 1. The van der Waals surface area contributed by atoms with Gasteiger partial charge in [0.15, 0.2) is 16.9 Å². The smallest absolute Gasteiger partial charge is 0.387 e. The van der Waals surface area contributed by atoms with Gasteiger partial charge in [0, 0.05) is 48.9 Å². The quantitative estimate of drug-likeness (QED) is 0.263. The molecule has 0 spiro atoms. The van der Waals surface area contributed by atoms with Gasteiger partial charge in [-0.1, -0.05) is 29.3 Å². The van der Waals surface area contributed by atoms with Gasteiger partial charge in [-0.2, -0.15) is 13.1 Å². The normalized spacial score (nSPS) is 20.3. The standard InChI is InChI=1S/C27H26Cl2F2N3O7S2/c28-20-13-33(36)14-21(29)19(20)11-23(17-5-6-22(41-27(30)31)24(10-17)39-15-16-3-4-16)40-26(35)25-34(8-9-42-25)43(37,38)18-2-1-7-32-12-18/h1-2,5-7,10,12-13,16,23,25,27H,3-4,8-9,11,14-15H2/q-1/t23-,25-/m0/s1. The first kappa shape index (κ1) is 31.8. The number of rotatable bonds is 12. The molecule has 0 bridgehead atoms. The van der Waals surface area contributed by atoms with E-state index in [1.807, 2.05) is 0 Å². The number of halogens is 4. The number of hydrogen-bond acceptors (Lipinski definition) is 10. The number of hydroxylamine groups is 2. The number of allylic oxidation sites excluding steroid dienone is 1. The van der Waals surface area contributed by atoms with Gasteiger partial charge in [0.05, 0.1) is 11.6 Å². The Morgan fingerprint density at radius 2 is 2.00 bits per heavy atom. The molecule has 2 aromatic rings. The maximum atomic E-state index is 13.6. The van der Waals surface area contributed by atoms with E-state index in [0.717, 1.165) is 35.1 Å². The minimum atomic E-state index is -4.08. The molecule has 1 aromatic carbocycles. The Labute approximate surface area is 261 Å². The number of benzene rings is 1. The summed E-state index contributed by atoms with van der Waals surface area (Å²) in [6, 6.07) is 7.00. The van der Waals surface area contributed by atoms with Gasteiger partial charge in [-0.05, 0) is 54.2 Å². The van der Waals surface area contributed by atoms with Crippen molar-refractivity contribution in [2.75, 3.05) is 25.4 Å². The lowest BCUT2D eigenvalue weighted by Gasteiger charge is -2.32. The lowest BCUT2D eigenvalue weighted by Crippen LogP contribution is -2.40. The van der Waals surface area contributed by atoms with Crippen molar-refractivity contribution in [2.45, 2.75) is 42.2 Å². The zero-order valence-corrected chi connectivity index (χ0v) is 25.6. The number of aromatic nitrogens is 1. The van der Waals surface area contributed by atoms with Crippen LogP contribution < -0.4 is 9.47 Å². The monoisotopic (exact) mass is 676 g/mol. The second kappa shape index (κ2) is 13.6. The number of carbonyl (C=O) groups excluding carboxylic acids is 1. The Balaban J connectivity index is 1.46. The summed E-state index contributed by atoms with van der Waals surface area (Å²) in [5.74, 6) is -0.383. The highest BCUT2D eigenvalue weighted by atomic mass is 35.5. The van der Waals surface area contributed by atoms with Crippen LogP contribution in [-0.4, -0.2) is 66.2 Å². The first-order valence-corrected chi connectivity index (χ1v) is 16.4. The Kier molecular flexibility index (Phi) is 10.0. The third-order valence-corrected chi connectivity index (χ3v) is 10.7. The van der Waals surface area contributed by atoms with Crippen LogP contribution in [0.1, 0.15) is 30.9 Å². The van der Waals surface area contributed by atoms with Crippen LogP contribution in [0, 0.1) is 11.1 Å². The fraction of sp³-hybridized carbons (Fsp3) is 0.407. The molecule has 1 aromatic heterocycles. The highest BCUT2D eigenvalue weighted by molar-refractivity contribution is 8.02. The lowest BCUT2D eigenvalue weighted by atomic mass is 9.99. The fourth-order valence-electron chi connectivity index (χ4n) is 4.48. The highest BCUT2D eigenvalue weighted by Gasteiger charge is 2.42. The van der Waals surface area contributed by atoms with Crippen LogP contribution in [0.4, 0.5) is 8.78 Å². The van der Waals surface area contributed by atoms with E-state index in [0.29, 0.717) is 27.9 Å². The SMILES string of the molecule is O=C(O[C@@H](CC1=C(Cl)CN([O-])C=C1Cl)c1ccc(OC(F)F)c(OCC2CC2)c1)[C@@H]1SCCN1S(=O)(=O)c1cccnc1. The Hall–Kier alpha value is -2.62. The van der Waals surface area contributed by atoms with Gasteiger partial charge in [0.25, 0.3) is 0 Å². The fourth-order valence-corrected chi connectivity index (χ4v) is 8.13. The average Bonchev–Trinajstić information content (AvgIpc) is 3.65. The predicted molar refractivity (Wildman–Crippen MR) is 156 cm³/mol. The first-order valence-electron chi connectivity index (χ1n) is 13.2. The number of hydrogen-bond donors (Lipinski definition) is 0. The zero-order chi connectivity index (χ0) is 30.7. The Morgan fingerprint density at radius 3 is 2.67 bits per heavy atom. The number of pyridine rings is 1. The molecule has 2 atom stereocenters. The van der Waals surface area contributed by atoms with Crippen LogP contribution in [-0.2, 0) is 19.6 Å². The van der Waals surface area contributed by atoms with E-state index in [2.05, 4.69) is 9.72 Å². The summed E-state index contributed by atoms with van der Waals surface area (Å²) >= 11 is 13.8. The van der Waals surface area contributed by atoms with Crippen molar-refractivity contribution in [1.29, 1.82) is 0 Å². The molecule has 0 unspecified atom stereocenters. The van der Waals surface area contributed by atoms with Gasteiger partial charge in [0.1, 0.15) is 11.0 Å². The van der Waals surface area contributed by atoms with E-state index >= 15 is 0 Å². The van der Waals surface area contributed by atoms with Crippen LogP contribution >= 0.6 is 35.0 Å². The van der Waals surface area contributed by atoms with Crippen molar-refractivity contribution >= 4 is 51.0 Å². The summed E-state index contributed by atoms with van der Waals surface area (Å²) in [5.41, 5.74) is 0.664. The van der Waals surface area contributed by atoms with E-state index in [1.165, 1.54) is 42.7 Å². The van der Waals surface area contributed by atoms with Gasteiger partial charge < -0.3 is 24.5 Å². The second-order valence-corrected chi connectivity index (χ2v) is 13.9. The molecule has 0 N–H and O–H groups in total. The summed E-state index contributed by atoms with van der Waals surface area (Å²) in [4.78, 5) is 17.4. The number of alkyl halides is 2. The van der Waals surface area contributed by atoms with Gasteiger partial charge in [-0.15, -0.1) is 11.8 Å². The number of nitrogens with zero attached hydrogens (tertiary/aromatic N) is 3. The molecule has 1 aliphatic carbocycles. The Morgan fingerprint density at radius 1 is 1.21 bits per heavy atom. The molecule has 10 nitrogen and oxygen atoms in total. The lowest BCUT2D eigenvalue weighted by molar-refractivity contribution is -0.150. The third-order valence-electron chi connectivity index (χ3n) is 6.83. The molecule has 0 amide bonds. The molecule has 5 rings (SSSR count). The molecule has 0 radical (unpaired) electrons. The van der Waals surface area contributed by atoms with Gasteiger partial charge in [-0.3, -0.25) is 4.98 Å².